The molecule has 0 fully saturated rings. The number of furan rings is 1. The predicted molar refractivity (Wildman–Crippen MR) is 179 cm³/mol. The molecule has 0 unspecified atom stereocenters. The molecule has 4 heteroatoms. The lowest BCUT2D eigenvalue weighted by molar-refractivity contribution is 0.545. The van der Waals surface area contributed by atoms with Gasteiger partial charge < -0.3 is 8.98 Å². The second kappa shape index (κ2) is 9.92. The van der Waals surface area contributed by atoms with Crippen molar-refractivity contribution in [3.8, 4) is 28.2 Å². The molecule has 1 aliphatic carbocycles. The zero-order valence-corrected chi connectivity index (χ0v) is 23.1. The van der Waals surface area contributed by atoms with E-state index in [0.717, 1.165) is 32.4 Å². The zero-order chi connectivity index (χ0) is 38.6. The average molecular weight is 577 g/mol. The van der Waals surface area contributed by atoms with Crippen LogP contribution in [-0.4, -0.2) is 14.5 Å². The van der Waals surface area contributed by atoms with Gasteiger partial charge in [0, 0.05) is 50.5 Å². The van der Waals surface area contributed by atoms with Gasteiger partial charge in [-0.05, 0) is 48.8 Å². The van der Waals surface area contributed by atoms with Gasteiger partial charge in [0.1, 0.15) is 11.3 Å². The van der Waals surface area contributed by atoms with Crippen molar-refractivity contribution in [2.75, 3.05) is 0 Å². The molecular weight excluding hydrogens is 538 g/mol. The van der Waals surface area contributed by atoms with Gasteiger partial charge in [0.05, 0.1) is 37.5 Å². The molecule has 0 aliphatic heterocycles. The van der Waals surface area contributed by atoms with Crippen molar-refractivity contribution < 1.29 is 19.5 Å². The van der Waals surface area contributed by atoms with Gasteiger partial charge in [0.25, 0.3) is 0 Å². The summed E-state index contributed by atoms with van der Waals surface area (Å²) in [5.41, 5.74) is 3.03. The summed E-state index contributed by atoms with van der Waals surface area (Å²) in [6.45, 7) is 0. The van der Waals surface area contributed by atoms with Crippen LogP contribution in [-0.2, 0) is 6.42 Å². The molecule has 3 heterocycles. The fraction of sp³-hybridized carbons (Fsp3) is 0.0500. The van der Waals surface area contributed by atoms with Crippen LogP contribution in [0.2, 0.25) is 0 Å². The number of aryl methyl sites for hydroxylation is 1. The molecule has 3 aromatic heterocycles. The van der Waals surface area contributed by atoms with Crippen LogP contribution in [0.15, 0.2) is 144 Å². The van der Waals surface area contributed by atoms with E-state index >= 15 is 0 Å². The number of para-hydroxylation sites is 3. The third kappa shape index (κ3) is 3.92. The van der Waals surface area contributed by atoms with E-state index in [1.807, 2.05) is 60.7 Å². The second-order valence-corrected chi connectivity index (χ2v) is 10.5. The lowest BCUT2D eigenvalue weighted by Crippen LogP contribution is -2.04. The van der Waals surface area contributed by atoms with Crippen molar-refractivity contribution in [3.63, 3.8) is 0 Å². The van der Waals surface area contributed by atoms with E-state index in [-0.39, 0.29) is 50.8 Å². The highest BCUT2D eigenvalue weighted by molar-refractivity contribution is 6.10. The van der Waals surface area contributed by atoms with Crippen LogP contribution in [0.3, 0.4) is 0 Å². The van der Waals surface area contributed by atoms with Crippen LogP contribution in [0.4, 0.5) is 0 Å². The van der Waals surface area contributed by atoms with E-state index in [0.29, 0.717) is 29.9 Å². The minimum absolute atomic E-state index is 0.0156. The number of benzene rings is 5. The lowest BCUT2D eigenvalue weighted by Gasteiger charge is -2.15. The maximum absolute atomic E-state index is 9.71. The molecule has 0 saturated heterocycles. The first-order valence-electron chi connectivity index (χ1n) is 19.7. The summed E-state index contributed by atoms with van der Waals surface area (Å²) < 4.78 is 104. The van der Waals surface area contributed by atoms with Crippen molar-refractivity contribution in [3.05, 3.63) is 156 Å². The van der Waals surface area contributed by atoms with Gasteiger partial charge in [-0.3, -0.25) is 0 Å². The smallest absolute Gasteiger partial charge is 0.160 e. The number of hydrogen-bond acceptors (Lipinski definition) is 3. The minimum atomic E-state index is -0.645. The van der Waals surface area contributed by atoms with Crippen molar-refractivity contribution in [2.45, 2.75) is 12.8 Å². The molecule has 0 atom stereocenters. The topological polar surface area (TPSA) is 43.9 Å². The fourth-order valence-corrected chi connectivity index (χ4v) is 5.96. The van der Waals surface area contributed by atoms with E-state index < -0.39 is 54.4 Å². The fourth-order valence-electron chi connectivity index (χ4n) is 5.96. The van der Waals surface area contributed by atoms with E-state index in [1.165, 1.54) is 6.07 Å². The molecule has 4 nitrogen and oxygen atoms in total. The summed E-state index contributed by atoms with van der Waals surface area (Å²) in [5, 5.41) is 0.793. The van der Waals surface area contributed by atoms with E-state index in [1.54, 1.807) is 6.07 Å². The van der Waals surface area contributed by atoms with Crippen LogP contribution < -0.4 is 0 Å². The lowest BCUT2D eigenvalue weighted by atomic mass is 9.93. The molecule has 208 valence electrons. The molecule has 8 aromatic rings. The zero-order valence-electron chi connectivity index (χ0n) is 34.1. The first kappa shape index (κ1) is 16.2. The molecular formula is C40H27N3O. The van der Waals surface area contributed by atoms with Gasteiger partial charge in [-0.15, -0.1) is 0 Å². The van der Waals surface area contributed by atoms with E-state index in [4.69, 9.17) is 25.4 Å². The van der Waals surface area contributed by atoms with Gasteiger partial charge in [0.2, 0.25) is 0 Å². The molecule has 0 amide bonds. The number of fused-ring (bicyclic) bond motifs is 6. The maximum Gasteiger partial charge on any atom is 0.160 e. The van der Waals surface area contributed by atoms with Crippen LogP contribution >= 0.6 is 0 Å². The molecule has 5 aromatic carbocycles. The normalized spacial score (nSPS) is 16.5. The molecule has 1 aliphatic rings. The van der Waals surface area contributed by atoms with Crippen molar-refractivity contribution in [1.82, 2.24) is 14.5 Å². The maximum atomic E-state index is 9.71. The Hall–Kier alpha value is -5.74. The minimum Gasteiger partial charge on any atom is -0.460 e. The number of hydrogen-bond donors (Lipinski definition) is 0. The predicted octanol–water partition coefficient (Wildman–Crippen LogP) is 10.0. The largest absolute Gasteiger partial charge is 0.460 e. The molecule has 9 rings (SSSR count). The second-order valence-electron chi connectivity index (χ2n) is 10.5. The third-order valence-electron chi connectivity index (χ3n) is 7.89. The van der Waals surface area contributed by atoms with Gasteiger partial charge >= 0.3 is 0 Å². The number of aromatic nitrogens is 3. The Kier molecular flexibility index (Phi) is 3.65. The van der Waals surface area contributed by atoms with Gasteiger partial charge in [-0.1, -0.05) is 96.9 Å². The Morgan fingerprint density at radius 2 is 1.48 bits per heavy atom. The summed E-state index contributed by atoms with van der Waals surface area (Å²) in [5.74, 6) is 1.10. The standard InChI is InChI=1S/C40H27N3O/c1-3-12-26(13-4-1)33-25-34(42-40(41-33)31-18-11-21-38-39(31)30-17-8-10-20-37(30)44-38)27-22-23-36-32(24-27)29-16-7-9-19-35(29)43(36)28-14-5-2-6-15-28/h1-10,12-20,22-25H,11,21H2/i2D,5D,6D,7D,9D,14D,15D,16D,22D,23D,24D. The first-order chi connectivity index (χ1) is 26.4. The quantitative estimate of drug-likeness (QED) is 0.209. The summed E-state index contributed by atoms with van der Waals surface area (Å²) in [7, 11) is 0. The van der Waals surface area contributed by atoms with Gasteiger partial charge in [-0.2, -0.15) is 0 Å². The van der Waals surface area contributed by atoms with Crippen LogP contribution in [0.25, 0.3) is 66.6 Å². The molecule has 0 N–H and O–H groups in total. The van der Waals surface area contributed by atoms with Crippen LogP contribution in [0.1, 0.15) is 38.6 Å². The van der Waals surface area contributed by atoms with Crippen molar-refractivity contribution in [2.24, 2.45) is 0 Å². The van der Waals surface area contributed by atoms with Gasteiger partial charge in [-0.25, -0.2) is 9.97 Å². The Morgan fingerprint density at radius 1 is 0.682 bits per heavy atom. The first-order valence-corrected chi connectivity index (χ1v) is 14.2. The Bertz CT molecular complexity index is 2980. The average Bonchev–Trinajstić information content (AvgIpc) is 3.74. The Morgan fingerprint density at radius 3 is 2.36 bits per heavy atom. The van der Waals surface area contributed by atoms with Gasteiger partial charge in [0.15, 0.2) is 5.82 Å². The monoisotopic (exact) mass is 576 g/mol. The number of rotatable bonds is 4. The summed E-state index contributed by atoms with van der Waals surface area (Å²) >= 11 is 0. The SMILES string of the molecule is [2H]c1cc2c(c([2H])c1[2H])c1c([2H])c(-c3cc(-c4ccccc4)nc(C4=CCCc5oc6ccccc6c54)n3)c([2H])c([2H])c1n2-c1c([2H])c([2H])c([2H])c([2H])c1[2H]. The molecule has 44 heavy (non-hydrogen) atoms. The summed E-state index contributed by atoms with van der Waals surface area (Å²) in [4.78, 5) is 9.96. The van der Waals surface area contributed by atoms with Crippen molar-refractivity contribution >= 4 is 38.3 Å². The number of nitrogens with zero attached hydrogens (tertiary/aromatic N) is 3. The Labute approximate surface area is 270 Å². The van der Waals surface area contributed by atoms with Crippen LogP contribution in [0.5, 0.6) is 0 Å². The molecule has 0 bridgehead atoms. The van der Waals surface area contributed by atoms with E-state index in [9.17, 15) is 4.11 Å². The van der Waals surface area contributed by atoms with Crippen molar-refractivity contribution in [1.29, 1.82) is 0 Å². The highest BCUT2D eigenvalue weighted by Gasteiger charge is 2.24. The van der Waals surface area contributed by atoms with E-state index in [2.05, 4.69) is 0 Å². The summed E-state index contributed by atoms with van der Waals surface area (Å²) in [6, 6.07) is 14.2. The number of allylic oxidation sites excluding steroid dienone is 1. The highest BCUT2D eigenvalue weighted by Crippen LogP contribution is 2.40. The highest BCUT2D eigenvalue weighted by atomic mass is 16.3. The third-order valence-corrected chi connectivity index (χ3v) is 7.89. The molecule has 0 saturated carbocycles. The Balaban J connectivity index is 1.40. The van der Waals surface area contributed by atoms with Crippen LogP contribution in [0, 0.1) is 0 Å². The molecule has 0 radical (unpaired) electrons. The molecule has 0 spiro atoms. The summed E-state index contributed by atoms with van der Waals surface area (Å²) in [6.07, 6.45) is 3.37.